The average molecular weight is 293 g/mol. The van der Waals surface area contributed by atoms with Gasteiger partial charge in [-0.25, -0.2) is 20.4 Å². The molecule has 20 heavy (non-hydrogen) atoms. The van der Waals surface area contributed by atoms with Crippen LogP contribution in [0.1, 0.15) is 0 Å². The van der Waals surface area contributed by atoms with Crippen molar-refractivity contribution in [3.8, 4) is 5.75 Å². The van der Waals surface area contributed by atoms with Gasteiger partial charge in [0, 0.05) is 5.69 Å². The Bertz CT molecular complexity index is 476. The maximum absolute atomic E-state index is 11.9. The fourth-order valence-electron chi connectivity index (χ4n) is 1.06. The molecule has 0 unspecified atom stereocenters. The molecule has 0 aliphatic heterocycles. The molecule has 1 aromatic rings. The van der Waals surface area contributed by atoms with Crippen LogP contribution in [0, 0.1) is 0 Å². The number of carbonyl (C=O) groups is 2. The standard InChI is InChI=1S/C10H10F3N3O4/c1-19-9(18)16-15-8(17)14-6-2-4-7(5-3-6)20-10(11,12)13/h2-5H,1H3,(H,16,18)(H2,14,15,17). The first-order valence-electron chi connectivity index (χ1n) is 5.07. The highest BCUT2D eigenvalue weighted by molar-refractivity contribution is 5.90. The summed E-state index contributed by atoms with van der Waals surface area (Å²) in [4.78, 5) is 21.9. The lowest BCUT2D eigenvalue weighted by molar-refractivity contribution is -0.274. The number of nitrogens with one attached hydrogen (secondary N) is 3. The molecule has 0 fully saturated rings. The van der Waals surface area contributed by atoms with Gasteiger partial charge in [0.2, 0.25) is 0 Å². The van der Waals surface area contributed by atoms with E-state index in [0.29, 0.717) is 0 Å². The van der Waals surface area contributed by atoms with Crippen molar-refractivity contribution < 1.29 is 32.2 Å². The van der Waals surface area contributed by atoms with Crippen molar-refractivity contribution in [1.82, 2.24) is 10.9 Å². The van der Waals surface area contributed by atoms with Crippen LogP contribution < -0.4 is 20.9 Å². The second-order valence-electron chi connectivity index (χ2n) is 3.27. The minimum Gasteiger partial charge on any atom is -0.452 e. The van der Waals surface area contributed by atoms with Gasteiger partial charge in [0.25, 0.3) is 0 Å². The summed E-state index contributed by atoms with van der Waals surface area (Å²) in [5, 5.41) is 2.25. The van der Waals surface area contributed by atoms with Crippen LogP contribution in [0.2, 0.25) is 0 Å². The Morgan fingerprint density at radius 1 is 1.10 bits per heavy atom. The predicted molar refractivity (Wildman–Crippen MR) is 60.8 cm³/mol. The van der Waals surface area contributed by atoms with Crippen LogP contribution in [-0.2, 0) is 4.74 Å². The molecule has 0 aliphatic carbocycles. The van der Waals surface area contributed by atoms with E-state index in [0.717, 1.165) is 19.2 Å². The number of methoxy groups -OCH3 is 1. The normalized spacial score (nSPS) is 10.4. The van der Waals surface area contributed by atoms with Crippen molar-refractivity contribution >= 4 is 17.8 Å². The Labute approximate surface area is 111 Å². The molecule has 0 bridgehead atoms. The van der Waals surface area contributed by atoms with E-state index in [1.54, 1.807) is 0 Å². The number of hydrogen-bond acceptors (Lipinski definition) is 4. The second kappa shape index (κ2) is 6.50. The van der Waals surface area contributed by atoms with Crippen LogP contribution in [-0.4, -0.2) is 25.6 Å². The number of anilines is 1. The zero-order chi connectivity index (χ0) is 15.2. The molecule has 1 aromatic carbocycles. The van der Waals surface area contributed by atoms with Gasteiger partial charge in [0.15, 0.2) is 0 Å². The average Bonchev–Trinajstić information content (AvgIpc) is 2.36. The topological polar surface area (TPSA) is 88.7 Å². The lowest BCUT2D eigenvalue weighted by Crippen LogP contribution is -2.43. The van der Waals surface area contributed by atoms with Gasteiger partial charge in [-0.05, 0) is 24.3 Å². The first kappa shape index (κ1) is 15.4. The highest BCUT2D eigenvalue weighted by atomic mass is 19.4. The van der Waals surface area contributed by atoms with Crippen molar-refractivity contribution in [3.63, 3.8) is 0 Å². The molecule has 0 atom stereocenters. The van der Waals surface area contributed by atoms with Gasteiger partial charge in [-0.15, -0.1) is 13.2 Å². The van der Waals surface area contributed by atoms with Crippen LogP contribution in [0.15, 0.2) is 24.3 Å². The molecular formula is C10H10F3N3O4. The highest BCUT2D eigenvalue weighted by Crippen LogP contribution is 2.23. The molecule has 7 nitrogen and oxygen atoms in total. The molecule has 3 N–H and O–H groups in total. The Morgan fingerprint density at radius 3 is 2.20 bits per heavy atom. The first-order valence-corrected chi connectivity index (χ1v) is 5.07. The molecule has 0 radical (unpaired) electrons. The van der Waals surface area contributed by atoms with Crippen molar-refractivity contribution in [2.75, 3.05) is 12.4 Å². The number of amides is 3. The van der Waals surface area contributed by atoms with E-state index in [4.69, 9.17) is 0 Å². The molecule has 10 heteroatoms. The van der Waals surface area contributed by atoms with Crippen molar-refractivity contribution in [2.45, 2.75) is 6.36 Å². The molecule has 1 rings (SSSR count). The van der Waals surface area contributed by atoms with Crippen LogP contribution in [0.3, 0.4) is 0 Å². The fourth-order valence-corrected chi connectivity index (χ4v) is 1.06. The van der Waals surface area contributed by atoms with Gasteiger partial charge in [-0.3, -0.25) is 0 Å². The summed E-state index contributed by atoms with van der Waals surface area (Å²) >= 11 is 0. The fraction of sp³-hybridized carbons (Fsp3) is 0.200. The molecule has 0 spiro atoms. The van der Waals surface area contributed by atoms with E-state index in [-0.39, 0.29) is 5.69 Å². The summed E-state index contributed by atoms with van der Waals surface area (Å²) in [6.07, 6.45) is -5.66. The van der Waals surface area contributed by atoms with E-state index < -0.39 is 24.2 Å². The Kier molecular flexibility index (Phi) is 5.01. The summed E-state index contributed by atoms with van der Waals surface area (Å²) in [5.74, 6) is -0.420. The number of benzene rings is 1. The number of ether oxygens (including phenoxy) is 2. The molecular weight excluding hydrogens is 283 g/mol. The zero-order valence-corrected chi connectivity index (χ0v) is 10.1. The first-order chi connectivity index (χ1) is 9.30. The van der Waals surface area contributed by atoms with E-state index in [2.05, 4.69) is 14.8 Å². The van der Waals surface area contributed by atoms with Crippen LogP contribution in [0.4, 0.5) is 28.4 Å². The monoisotopic (exact) mass is 293 g/mol. The van der Waals surface area contributed by atoms with Gasteiger partial charge in [0.05, 0.1) is 7.11 Å². The smallest absolute Gasteiger partial charge is 0.452 e. The number of carbonyl (C=O) groups excluding carboxylic acids is 2. The predicted octanol–water partition coefficient (Wildman–Crippen LogP) is 1.98. The van der Waals surface area contributed by atoms with Crippen LogP contribution in [0.25, 0.3) is 0 Å². The number of hydrogen-bond donors (Lipinski definition) is 3. The van der Waals surface area contributed by atoms with Gasteiger partial charge >= 0.3 is 18.5 Å². The number of urea groups is 1. The van der Waals surface area contributed by atoms with Gasteiger partial charge in [-0.2, -0.15) is 0 Å². The number of halogens is 3. The van der Waals surface area contributed by atoms with E-state index in [1.807, 2.05) is 10.9 Å². The number of rotatable bonds is 2. The summed E-state index contributed by atoms with van der Waals surface area (Å²) < 4.78 is 43.6. The minimum absolute atomic E-state index is 0.198. The van der Waals surface area contributed by atoms with E-state index in [9.17, 15) is 22.8 Å². The van der Waals surface area contributed by atoms with E-state index >= 15 is 0 Å². The molecule has 0 saturated carbocycles. The Balaban J connectivity index is 2.49. The second-order valence-corrected chi connectivity index (χ2v) is 3.27. The molecule has 0 saturated heterocycles. The van der Waals surface area contributed by atoms with E-state index in [1.165, 1.54) is 12.1 Å². The maximum atomic E-state index is 11.9. The maximum Gasteiger partial charge on any atom is 0.573 e. The summed E-state index contributed by atoms with van der Waals surface area (Å²) in [7, 11) is 1.11. The molecule has 0 aliphatic rings. The third-order valence-electron chi connectivity index (χ3n) is 1.81. The van der Waals surface area contributed by atoms with Crippen molar-refractivity contribution in [3.05, 3.63) is 24.3 Å². The summed E-state index contributed by atoms with van der Waals surface area (Å²) in [5.41, 5.74) is 4.04. The number of hydrazine groups is 1. The van der Waals surface area contributed by atoms with Crippen molar-refractivity contribution in [2.24, 2.45) is 0 Å². The largest absolute Gasteiger partial charge is 0.573 e. The van der Waals surface area contributed by atoms with Crippen molar-refractivity contribution in [1.29, 1.82) is 0 Å². The molecule has 0 heterocycles. The molecule has 3 amide bonds. The third kappa shape index (κ3) is 5.80. The quantitative estimate of drug-likeness (QED) is 0.727. The Hall–Kier alpha value is -2.65. The highest BCUT2D eigenvalue weighted by Gasteiger charge is 2.30. The Morgan fingerprint density at radius 2 is 1.70 bits per heavy atom. The SMILES string of the molecule is COC(=O)NNC(=O)Nc1ccc(OC(F)(F)F)cc1. The summed E-state index contributed by atoms with van der Waals surface area (Å²) in [6.45, 7) is 0. The number of alkyl halides is 3. The molecule has 0 aromatic heterocycles. The van der Waals surface area contributed by atoms with Crippen LogP contribution >= 0.6 is 0 Å². The van der Waals surface area contributed by atoms with Crippen LogP contribution in [0.5, 0.6) is 5.75 Å². The minimum atomic E-state index is -4.78. The lowest BCUT2D eigenvalue weighted by atomic mass is 10.3. The van der Waals surface area contributed by atoms with Gasteiger partial charge < -0.3 is 14.8 Å². The lowest BCUT2D eigenvalue weighted by Gasteiger charge is -2.10. The molecule has 110 valence electrons. The van der Waals surface area contributed by atoms with Gasteiger partial charge in [0.1, 0.15) is 5.75 Å². The zero-order valence-electron chi connectivity index (χ0n) is 10.1. The third-order valence-corrected chi connectivity index (χ3v) is 1.81. The summed E-state index contributed by atoms with van der Waals surface area (Å²) in [6, 6.07) is 3.63. The van der Waals surface area contributed by atoms with Gasteiger partial charge in [-0.1, -0.05) is 0 Å².